The SMILES string of the molecule is CS(=O)(=O)NCC(=O)c1ccc(-c2noc(C(F)(F)F)n2)cc1. The Morgan fingerprint density at radius 1 is 1.26 bits per heavy atom. The second-order valence-electron chi connectivity index (χ2n) is 4.51. The Morgan fingerprint density at radius 2 is 1.87 bits per heavy atom. The number of carbonyl (C=O) groups is 1. The fourth-order valence-corrected chi connectivity index (χ4v) is 1.95. The molecule has 11 heteroatoms. The Kier molecular flexibility index (Phi) is 4.52. The predicted molar refractivity (Wildman–Crippen MR) is 71.9 cm³/mol. The zero-order chi connectivity index (χ0) is 17.3. The van der Waals surface area contributed by atoms with Crippen molar-refractivity contribution < 1.29 is 30.9 Å². The molecule has 23 heavy (non-hydrogen) atoms. The Hall–Kier alpha value is -2.27. The van der Waals surface area contributed by atoms with Gasteiger partial charge in [0.1, 0.15) is 0 Å². The maximum absolute atomic E-state index is 12.4. The number of nitrogens with zero attached hydrogens (tertiary/aromatic N) is 2. The molecule has 0 aliphatic carbocycles. The first kappa shape index (κ1) is 17.1. The van der Waals surface area contributed by atoms with E-state index in [1.807, 2.05) is 4.72 Å². The molecule has 0 fully saturated rings. The minimum atomic E-state index is -4.74. The number of nitrogens with one attached hydrogen (secondary N) is 1. The molecular weight excluding hydrogens is 339 g/mol. The van der Waals surface area contributed by atoms with Crippen LogP contribution in [-0.4, -0.2) is 37.1 Å². The van der Waals surface area contributed by atoms with Crippen molar-refractivity contribution in [2.75, 3.05) is 12.8 Å². The largest absolute Gasteiger partial charge is 0.471 e. The number of Topliss-reactive ketones (excluding diaryl/α,β-unsaturated/α-hetero) is 1. The van der Waals surface area contributed by atoms with Crippen molar-refractivity contribution in [2.24, 2.45) is 0 Å². The van der Waals surface area contributed by atoms with Crippen molar-refractivity contribution in [1.29, 1.82) is 0 Å². The highest BCUT2D eigenvalue weighted by Gasteiger charge is 2.38. The van der Waals surface area contributed by atoms with E-state index in [1.165, 1.54) is 24.3 Å². The van der Waals surface area contributed by atoms with Crippen LogP contribution in [0.5, 0.6) is 0 Å². The van der Waals surface area contributed by atoms with Gasteiger partial charge >= 0.3 is 12.1 Å². The van der Waals surface area contributed by atoms with Crippen LogP contribution in [0, 0.1) is 0 Å². The third-order valence-corrected chi connectivity index (χ3v) is 3.30. The quantitative estimate of drug-likeness (QED) is 0.821. The fourth-order valence-electron chi connectivity index (χ4n) is 1.56. The number of benzene rings is 1. The first-order chi connectivity index (χ1) is 10.6. The van der Waals surface area contributed by atoms with E-state index < -0.39 is 34.4 Å². The number of halogens is 3. The lowest BCUT2D eigenvalue weighted by Gasteiger charge is -2.02. The number of hydrogen-bond donors (Lipinski definition) is 1. The molecular formula is C12H10F3N3O4S. The van der Waals surface area contributed by atoms with Gasteiger partial charge in [-0.25, -0.2) is 13.1 Å². The summed E-state index contributed by atoms with van der Waals surface area (Å²) < 4.78 is 65.1. The lowest BCUT2D eigenvalue weighted by atomic mass is 10.1. The molecule has 7 nitrogen and oxygen atoms in total. The zero-order valence-electron chi connectivity index (χ0n) is 11.6. The smallest absolute Gasteiger partial charge is 0.329 e. The monoisotopic (exact) mass is 349 g/mol. The molecule has 0 spiro atoms. The van der Waals surface area contributed by atoms with Gasteiger partial charge in [-0.1, -0.05) is 29.4 Å². The van der Waals surface area contributed by atoms with Crippen LogP contribution in [0.2, 0.25) is 0 Å². The Labute approximate surface area is 128 Å². The minimum absolute atomic E-state index is 0.185. The van der Waals surface area contributed by atoms with Crippen LogP contribution in [0.4, 0.5) is 13.2 Å². The summed E-state index contributed by atoms with van der Waals surface area (Å²) in [5.41, 5.74) is 0.404. The molecule has 2 rings (SSSR count). The van der Waals surface area contributed by atoms with Gasteiger partial charge in [-0.15, -0.1) is 0 Å². The third-order valence-electron chi connectivity index (χ3n) is 2.63. The molecule has 0 bridgehead atoms. The van der Waals surface area contributed by atoms with Crippen LogP contribution in [0.1, 0.15) is 16.2 Å². The molecule has 0 atom stereocenters. The molecule has 1 heterocycles. The van der Waals surface area contributed by atoms with Crippen LogP contribution in [0.25, 0.3) is 11.4 Å². The van der Waals surface area contributed by atoms with Gasteiger partial charge in [-0.05, 0) is 0 Å². The molecule has 0 saturated heterocycles. The van der Waals surface area contributed by atoms with E-state index >= 15 is 0 Å². The number of ketones is 1. The molecule has 0 aliphatic rings. The Balaban J connectivity index is 2.13. The van der Waals surface area contributed by atoms with E-state index in [2.05, 4.69) is 14.7 Å². The van der Waals surface area contributed by atoms with Crippen molar-refractivity contribution in [1.82, 2.24) is 14.9 Å². The molecule has 0 amide bonds. The summed E-state index contributed by atoms with van der Waals surface area (Å²) >= 11 is 0. The molecule has 124 valence electrons. The highest BCUT2D eigenvalue weighted by molar-refractivity contribution is 7.88. The molecule has 1 aromatic heterocycles. The zero-order valence-corrected chi connectivity index (χ0v) is 12.4. The van der Waals surface area contributed by atoms with Crippen molar-refractivity contribution in [3.8, 4) is 11.4 Å². The number of aromatic nitrogens is 2. The fraction of sp³-hybridized carbons (Fsp3) is 0.250. The highest BCUT2D eigenvalue weighted by Crippen LogP contribution is 2.29. The summed E-state index contributed by atoms with van der Waals surface area (Å²) in [5, 5.41) is 3.21. The van der Waals surface area contributed by atoms with Gasteiger partial charge in [-0.2, -0.15) is 18.2 Å². The number of alkyl halides is 3. The number of carbonyl (C=O) groups excluding carboxylic acids is 1. The van der Waals surface area contributed by atoms with Crippen LogP contribution in [0.15, 0.2) is 28.8 Å². The summed E-state index contributed by atoms with van der Waals surface area (Å²) in [6, 6.07) is 5.31. The van der Waals surface area contributed by atoms with Crippen molar-refractivity contribution in [2.45, 2.75) is 6.18 Å². The van der Waals surface area contributed by atoms with E-state index in [1.54, 1.807) is 0 Å². The Morgan fingerprint density at radius 3 is 2.35 bits per heavy atom. The van der Waals surface area contributed by atoms with Crippen LogP contribution >= 0.6 is 0 Å². The van der Waals surface area contributed by atoms with Crippen molar-refractivity contribution in [3.63, 3.8) is 0 Å². The van der Waals surface area contributed by atoms with Gasteiger partial charge in [-0.3, -0.25) is 4.79 Å². The minimum Gasteiger partial charge on any atom is -0.329 e. The topological polar surface area (TPSA) is 102 Å². The summed E-state index contributed by atoms with van der Waals surface area (Å²) in [5.74, 6) is -2.23. The summed E-state index contributed by atoms with van der Waals surface area (Å²) in [4.78, 5) is 15.0. The molecule has 0 aliphatic heterocycles. The molecule has 2 aromatic rings. The third kappa shape index (κ3) is 4.60. The first-order valence-corrected chi connectivity index (χ1v) is 7.94. The highest BCUT2D eigenvalue weighted by atomic mass is 32.2. The average Bonchev–Trinajstić information content (AvgIpc) is 2.94. The maximum atomic E-state index is 12.4. The van der Waals surface area contributed by atoms with Gasteiger partial charge < -0.3 is 4.52 Å². The van der Waals surface area contributed by atoms with Crippen molar-refractivity contribution in [3.05, 3.63) is 35.7 Å². The van der Waals surface area contributed by atoms with Gasteiger partial charge in [0.05, 0.1) is 12.8 Å². The van der Waals surface area contributed by atoms with Crippen LogP contribution in [-0.2, 0) is 16.2 Å². The number of hydrogen-bond acceptors (Lipinski definition) is 6. The Bertz CT molecular complexity index is 813. The van der Waals surface area contributed by atoms with Gasteiger partial charge in [0, 0.05) is 11.1 Å². The molecule has 0 unspecified atom stereocenters. The normalized spacial score (nSPS) is 12.3. The van der Waals surface area contributed by atoms with E-state index in [0.717, 1.165) is 6.26 Å². The van der Waals surface area contributed by atoms with E-state index in [4.69, 9.17) is 0 Å². The van der Waals surface area contributed by atoms with Crippen LogP contribution < -0.4 is 4.72 Å². The van der Waals surface area contributed by atoms with Gasteiger partial charge in [0.25, 0.3) is 0 Å². The lowest BCUT2D eigenvalue weighted by molar-refractivity contribution is -0.159. The maximum Gasteiger partial charge on any atom is 0.471 e. The second kappa shape index (κ2) is 6.08. The van der Waals surface area contributed by atoms with E-state index in [9.17, 15) is 26.4 Å². The molecule has 0 radical (unpaired) electrons. The average molecular weight is 349 g/mol. The van der Waals surface area contributed by atoms with Crippen LogP contribution in [0.3, 0.4) is 0 Å². The molecule has 1 N–H and O–H groups in total. The van der Waals surface area contributed by atoms with E-state index in [0.29, 0.717) is 0 Å². The second-order valence-corrected chi connectivity index (χ2v) is 6.35. The molecule has 0 saturated carbocycles. The first-order valence-electron chi connectivity index (χ1n) is 6.05. The number of rotatable bonds is 5. The standard InChI is InChI=1S/C12H10F3N3O4S/c1-23(20,21)16-6-9(19)7-2-4-8(5-3-7)10-17-11(22-18-10)12(13,14)15/h2-5,16H,6H2,1H3. The summed E-state index contributed by atoms with van der Waals surface area (Å²) in [7, 11) is -3.50. The summed E-state index contributed by atoms with van der Waals surface area (Å²) in [6.07, 6.45) is -3.82. The summed E-state index contributed by atoms with van der Waals surface area (Å²) in [6.45, 7) is -0.418. The molecule has 1 aromatic carbocycles. The van der Waals surface area contributed by atoms with E-state index in [-0.39, 0.29) is 17.0 Å². The number of sulfonamides is 1. The lowest BCUT2D eigenvalue weighted by Crippen LogP contribution is -2.28. The van der Waals surface area contributed by atoms with Crippen molar-refractivity contribution >= 4 is 15.8 Å². The van der Waals surface area contributed by atoms with Gasteiger partial charge in [0.2, 0.25) is 15.8 Å². The predicted octanol–water partition coefficient (Wildman–Crippen LogP) is 1.49. The van der Waals surface area contributed by atoms with Gasteiger partial charge in [0.15, 0.2) is 5.78 Å².